The smallest absolute Gasteiger partial charge is 0.236 e. The van der Waals surface area contributed by atoms with Gasteiger partial charge in [-0.15, -0.1) is 0 Å². The Bertz CT molecular complexity index is 726. The molecule has 0 aromatic heterocycles. The molecule has 0 heterocycles. The zero-order chi connectivity index (χ0) is 18.4. The van der Waals surface area contributed by atoms with Crippen LogP contribution in [0.3, 0.4) is 0 Å². The molecule has 2 aromatic rings. The Hall–Kier alpha value is -2.33. The summed E-state index contributed by atoms with van der Waals surface area (Å²) in [4.78, 5) is 15.4. The molecule has 2 rings (SSSR count). The minimum atomic E-state index is 0.120. The van der Waals surface area contributed by atoms with Crippen molar-refractivity contribution in [3.63, 3.8) is 0 Å². The molecule has 0 bridgehead atoms. The molecule has 0 aliphatic heterocycles. The largest absolute Gasteiger partial charge is 0.496 e. The van der Waals surface area contributed by atoms with Crippen molar-refractivity contribution in [3.05, 3.63) is 53.6 Å². The van der Waals surface area contributed by atoms with Gasteiger partial charge in [-0.1, -0.05) is 36.4 Å². The summed E-state index contributed by atoms with van der Waals surface area (Å²) in [5, 5.41) is 0. The average molecular weight is 340 g/mol. The van der Waals surface area contributed by atoms with Crippen molar-refractivity contribution >= 4 is 5.91 Å². The number of aryl methyl sites for hydroxylation is 1. The zero-order valence-corrected chi connectivity index (χ0v) is 15.9. The van der Waals surface area contributed by atoms with Crippen molar-refractivity contribution < 1.29 is 9.53 Å². The molecule has 0 saturated carbocycles. The number of nitrogens with zero attached hydrogens (tertiary/aromatic N) is 2. The van der Waals surface area contributed by atoms with Crippen LogP contribution in [0, 0.1) is 6.92 Å². The fraction of sp³-hybridized carbons (Fsp3) is 0.381. The summed E-state index contributed by atoms with van der Waals surface area (Å²) in [5.74, 6) is 1.01. The Morgan fingerprint density at radius 1 is 1.04 bits per heavy atom. The van der Waals surface area contributed by atoms with Gasteiger partial charge < -0.3 is 9.64 Å². The van der Waals surface area contributed by atoms with Gasteiger partial charge in [0, 0.05) is 26.2 Å². The van der Waals surface area contributed by atoms with Gasteiger partial charge in [-0.2, -0.15) is 0 Å². The van der Waals surface area contributed by atoms with Gasteiger partial charge in [-0.3, -0.25) is 9.69 Å². The van der Waals surface area contributed by atoms with Crippen LogP contribution in [0.15, 0.2) is 42.5 Å². The number of carbonyl (C=O) groups excluding carboxylic acids is 1. The number of carbonyl (C=O) groups is 1. The molecule has 1 amide bonds. The van der Waals surface area contributed by atoms with E-state index in [0.717, 1.165) is 24.3 Å². The van der Waals surface area contributed by atoms with E-state index in [1.807, 2.05) is 24.1 Å². The van der Waals surface area contributed by atoms with Crippen molar-refractivity contribution in [2.45, 2.75) is 13.3 Å². The van der Waals surface area contributed by atoms with Crippen LogP contribution in [0.4, 0.5) is 0 Å². The molecular formula is C21H28N2O2. The highest BCUT2D eigenvalue weighted by Gasteiger charge is 2.11. The van der Waals surface area contributed by atoms with E-state index in [9.17, 15) is 4.79 Å². The number of benzene rings is 2. The first kappa shape index (κ1) is 19.0. The maximum absolute atomic E-state index is 11.8. The maximum Gasteiger partial charge on any atom is 0.236 e. The molecule has 25 heavy (non-hydrogen) atoms. The lowest BCUT2D eigenvalue weighted by atomic mass is 9.98. The second kappa shape index (κ2) is 8.67. The van der Waals surface area contributed by atoms with E-state index in [1.165, 1.54) is 16.7 Å². The summed E-state index contributed by atoms with van der Waals surface area (Å²) >= 11 is 0. The molecule has 2 aromatic carbocycles. The first-order valence-corrected chi connectivity index (χ1v) is 8.54. The molecule has 0 atom stereocenters. The second-order valence-electron chi connectivity index (χ2n) is 6.63. The first-order valence-electron chi connectivity index (χ1n) is 8.54. The molecule has 0 spiro atoms. The van der Waals surface area contributed by atoms with Crippen molar-refractivity contribution in [3.8, 4) is 16.9 Å². The molecule has 4 heteroatoms. The topological polar surface area (TPSA) is 32.8 Å². The van der Waals surface area contributed by atoms with Gasteiger partial charge in [-0.25, -0.2) is 0 Å². The van der Waals surface area contributed by atoms with Gasteiger partial charge in [0.2, 0.25) is 5.91 Å². The van der Waals surface area contributed by atoms with Gasteiger partial charge >= 0.3 is 0 Å². The molecule has 4 nitrogen and oxygen atoms in total. The Balaban J connectivity index is 2.09. The normalized spacial score (nSPS) is 10.8. The summed E-state index contributed by atoms with van der Waals surface area (Å²) in [6.45, 7) is 3.37. The number of amides is 1. The standard InChI is InChI=1S/C21H28N2O2/c1-16-8-6-7-9-18(16)19-11-10-17(14-20(19)25-5)12-13-23(4)15-21(24)22(2)3/h6-11,14H,12-13,15H2,1-5H3. The molecular weight excluding hydrogens is 312 g/mol. The van der Waals surface area contributed by atoms with E-state index in [0.29, 0.717) is 6.54 Å². The van der Waals surface area contributed by atoms with Crippen molar-refractivity contribution in [1.82, 2.24) is 9.80 Å². The number of hydrogen-bond acceptors (Lipinski definition) is 3. The van der Waals surface area contributed by atoms with Crippen LogP contribution in [-0.2, 0) is 11.2 Å². The monoisotopic (exact) mass is 340 g/mol. The Kier molecular flexibility index (Phi) is 6.59. The Labute approximate surface area is 151 Å². The van der Waals surface area contributed by atoms with E-state index < -0.39 is 0 Å². The predicted molar refractivity (Wildman–Crippen MR) is 103 cm³/mol. The van der Waals surface area contributed by atoms with E-state index in [4.69, 9.17) is 4.74 Å². The van der Waals surface area contributed by atoms with Crippen LogP contribution in [0.25, 0.3) is 11.1 Å². The maximum atomic E-state index is 11.8. The fourth-order valence-corrected chi connectivity index (χ4v) is 2.76. The van der Waals surface area contributed by atoms with Crippen LogP contribution in [0.5, 0.6) is 5.75 Å². The van der Waals surface area contributed by atoms with Crippen molar-refractivity contribution in [2.75, 3.05) is 41.3 Å². The minimum Gasteiger partial charge on any atom is -0.496 e. The molecule has 0 saturated heterocycles. The minimum absolute atomic E-state index is 0.120. The third kappa shape index (κ3) is 5.07. The summed E-state index contributed by atoms with van der Waals surface area (Å²) < 4.78 is 5.62. The van der Waals surface area contributed by atoms with Crippen molar-refractivity contribution in [2.24, 2.45) is 0 Å². The summed E-state index contributed by atoms with van der Waals surface area (Å²) in [6, 6.07) is 14.7. The van der Waals surface area contributed by atoms with E-state index in [1.54, 1.807) is 26.1 Å². The third-order valence-corrected chi connectivity index (χ3v) is 4.39. The molecule has 0 N–H and O–H groups in total. The molecule has 0 radical (unpaired) electrons. The summed E-state index contributed by atoms with van der Waals surface area (Å²) in [5.41, 5.74) is 4.74. The number of methoxy groups -OCH3 is 1. The van der Waals surface area contributed by atoms with E-state index in [-0.39, 0.29) is 5.91 Å². The van der Waals surface area contributed by atoms with Crippen LogP contribution in [0.2, 0.25) is 0 Å². The molecule has 134 valence electrons. The highest BCUT2D eigenvalue weighted by atomic mass is 16.5. The van der Waals surface area contributed by atoms with Gasteiger partial charge in [-0.05, 0) is 43.1 Å². The van der Waals surface area contributed by atoms with Gasteiger partial charge in [0.05, 0.1) is 13.7 Å². The lowest BCUT2D eigenvalue weighted by Crippen LogP contribution is -2.35. The fourth-order valence-electron chi connectivity index (χ4n) is 2.76. The first-order chi connectivity index (χ1) is 11.9. The summed E-state index contributed by atoms with van der Waals surface area (Å²) in [6.07, 6.45) is 0.877. The zero-order valence-electron chi connectivity index (χ0n) is 15.9. The SMILES string of the molecule is COc1cc(CCN(C)CC(=O)N(C)C)ccc1-c1ccccc1C. The molecule has 0 aliphatic rings. The number of hydrogen-bond donors (Lipinski definition) is 0. The molecule has 0 fully saturated rings. The third-order valence-electron chi connectivity index (χ3n) is 4.39. The van der Waals surface area contributed by atoms with E-state index >= 15 is 0 Å². The van der Waals surface area contributed by atoms with Crippen LogP contribution in [0.1, 0.15) is 11.1 Å². The average Bonchev–Trinajstić information content (AvgIpc) is 2.60. The van der Waals surface area contributed by atoms with Gasteiger partial charge in [0.1, 0.15) is 5.75 Å². The number of ether oxygens (including phenoxy) is 1. The highest BCUT2D eigenvalue weighted by Crippen LogP contribution is 2.33. The molecule has 0 aliphatic carbocycles. The lowest BCUT2D eigenvalue weighted by molar-refractivity contribution is -0.129. The summed E-state index contributed by atoms with van der Waals surface area (Å²) in [7, 11) is 7.25. The van der Waals surface area contributed by atoms with Crippen LogP contribution in [-0.4, -0.2) is 57.0 Å². The van der Waals surface area contributed by atoms with Crippen molar-refractivity contribution in [1.29, 1.82) is 0 Å². The highest BCUT2D eigenvalue weighted by molar-refractivity contribution is 5.77. The van der Waals surface area contributed by atoms with Crippen LogP contribution < -0.4 is 4.74 Å². The van der Waals surface area contributed by atoms with Crippen LogP contribution >= 0.6 is 0 Å². The number of rotatable bonds is 7. The van der Waals surface area contributed by atoms with E-state index in [2.05, 4.69) is 37.3 Å². The lowest BCUT2D eigenvalue weighted by Gasteiger charge is -2.19. The number of likely N-dealkylation sites (N-methyl/N-ethyl adjacent to an activating group) is 2. The second-order valence-corrected chi connectivity index (χ2v) is 6.63. The predicted octanol–water partition coefficient (Wildman–Crippen LogP) is 3.23. The quantitative estimate of drug-likeness (QED) is 0.776. The molecule has 0 unspecified atom stereocenters. The Morgan fingerprint density at radius 3 is 2.40 bits per heavy atom. The van der Waals surface area contributed by atoms with Gasteiger partial charge in [0.15, 0.2) is 0 Å². The Morgan fingerprint density at radius 2 is 1.76 bits per heavy atom. The van der Waals surface area contributed by atoms with Gasteiger partial charge in [0.25, 0.3) is 0 Å².